The predicted octanol–water partition coefficient (Wildman–Crippen LogP) is 10.8. The smallest absolute Gasteiger partial charge is 0.306 e. The van der Waals surface area contributed by atoms with Crippen molar-refractivity contribution in [3.8, 4) is 0 Å². The summed E-state index contributed by atoms with van der Waals surface area (Å²) in [5, 5.41) is 19.0. The maximum absolute atomic E-state index is 12.1. The molecule has 4 heteroatoms. The molecule has 0 heterocycles. The molecule has 4 nitrogen and oxygen atoms in total. The van der Waals surface area contributed by atoms with E-state index < -0.39 is 11.9 Å². The van der Waals surface area contributed by atoms with Crippen LogP contribution in [-0.4, -0.2) is 22.2 Å². The van der Waals surface area contributed by atoms with Crippen LogP contribution in [0, 0.1) is 11.8 Å². The molecule has 40 heavy (non-hydrogen) atoms. The van der Waals surface area contributed by atoms with E-state index in [0.29, 0.717) is 19.3 Å². The molecule has 0 aromatic rings. The summed E-state index contributed by atoms with van der Waals surface area (Å²) in [6.45, 7) is 4.28. The van der Waals surface area contributed by atoms with E-state index >= 15 is 0 Å². The van der Waals surface area contributed by atoms with Gasteiger partial charge in [-0.25, -0.2) is 0 Å². The highest BCUT2D eigenvalue weighted by molar-refractivity contribution is 5.70. The van der Waals surface area contributed by atoms with Crippen LogP contribution in [0.25, 0.3) is 0 Å². The van der Waals surface area contributed by atoms with Crippen LogP contribution in [0.5, 0.6) is 0 Å². The SMILES string of the molecule is CCC=CCC=CCC=CCCCCCCC(C(=O)O)C(CCCC=CCC=CCC=CCC)CCCC(=O)O. The highest BCUT2D eigenvalue weighted by atomic mass is 16.4. The molecule has 0 aliphatic heterocycles. The van der Waals surface area contributed by atoms with Crippen LogP contribution in [0.1, 0.15) is 129 Å². The first-order valence-electron chi connectivity index (χ1n) is 15.9. The first kappa shape index (κ1) is 37.4. The van der Waals surface area contributed by atoms with E-state index in [9.17, 15) is 14.7 Å². The Balaban J connectivity index is 4.41. The van der Waals surface area contributed by atoms with E-state index in [1.165, 1.54) is 0 Å². The quantitative estimate of drug-likeness (QED) is 0.0782. The Morgan fingerprint density at radius 2 is 0.975 bits per heavy atom. The second kappa shape index (κ2) is 29.4. The van der Waals surface area contributed by atoms with Gasteiger partial charge in [-0.3, -0.25) is 9.59 Å². The number of carboxylic acids is 2. The number of hydrogen-bond donors (Lipinski definition) is 2. The third kappa shape index (κ3) is 25.6. The lowest BCUT2D eigenvalue weighted by Gasteiger charge is -2.24. The minimum Gasteiger partial charge on any atom is -0.481 e. The van der Waals surface area contributed by atoms with Crippen molar-refractivity contribution in [3.05, 3.63) is 72.9 Å². The van der Waals surface area contributed by atoms with Gasteiger partial charge in [-0.1, -0.05) is 106 Å². The van der Waals surface area contributed by atoms with Crippen LogP contribution in [-0.2, 0) is 9.59 Å². The Kier molecular flexibility index (Phi) is 27.4. The van der Waals surface area contributed by atoms with Crippen molar-refractivity contribution >= 4 is 11.9 Å². The third-order valence-electron chi connectivity index (χ3n) is 6.99. The molecule has 0 aliphatic rings. The molecule has 2 atom stereocenters. The summed E-state index contributed by atoms with van der Waals surface area (Å²) in [5.74, 6) is -1.86. The van der Waals surface area contributed by atoms with Crippen molar-refractivity contribution in [2.24, 2.45) is 11.8 Å². The number of carbonyl (C=O) groups is 2. The van der Waals surface area contributed by atoms with E-state index in [2.05, 4.69) is 86.8 Å². The molecule has 0 radical (unpaired) electrons. The highest BCUT2D eigenvalue weighted by Gasteiger charge is 2.27. The van der Waals surface area contributed by atoms with E-state index in [1.54, 1.807) is 0 Å². The molecular weight excluding hydrogens is 496 g/mol. The average Bonchev–Trinajstić information content (AvgIpc) is 2.92. The maximum atomic E-state index is 12.1. The van der Waals surface area contributed by atoms with Gasteiger partial charge >= 0.3 is 11.9 Å². The minimum atomic E-state index is -0.805. The largest absolute Gasteiger partial charge is 0.481 e. The topological polar surface area (TPSA) is 74.6 Å². The van der Waals surface area contributed by atoms with Gasteiger partial charge in [-0.15, -0.1) is 0 Å². The summed E-state index contributed by atoms with van der Waals surface area (Å²) in [7, 11) is 0. The third-order valence-corrected chi connectivity index (χ3v) is 6.99. The first-order valence-corrected chi connectivity index (χ1v) is 15.9. The van der Waals surface area contributed by atoms with Crippen LogP contribution >= 0.6 is 0 Å². The summed E-state index contributed by atoms with van der Waals surface area (Å²) in [5.41, 5.74) is 0. The Hall–Kier alpha value is -2.62. The average molecular weight is 555 g/mol. The molecule has 0 bridgehead atoms. The molecule has 0 saturated heterocycles. The standard InChI is InChI=1S/C36H58O4/c1-3-5-7-9-11-13-15-16-17-19-21-23-25-27-31-34(36(39)40)33(30-28-32-35(37)38)29-26-24-22-20-18-14-12-10-8-6-4-2/h5-8,11-14,16-17,20,22,33-34H,3-4,9-10,15,18-19,21,23-32H2,1-2H3,(H,37,38)(H,39,40). The van der Waals surface area contributed by atoms with Gasteiger partial charge in [0, 0.05) is 6.42 Å². The number of aliphatic carboxylic acids is 2. The van der Waals surface area contributed by atoms with Gasteiger partial charge in [-0.05, 0) is 95.8 Å². The summed E-state index contributed by atoms with van der Waals surface area (Å²) < 4.78 is 0. The minimum absolute atomic E-state index is 0.0453. The lowest BCUT2D eigenvalue weighted by atomic mass is 9.81. The number of carboxylic acid groups (broad SMARTS) is 2. The van der Waals surface area contributed by atoms with Crippen LogP contribution in [0.15, 0.2) is 72.9 Å². The summed E-state index contributed by atoms with van der Waals surface area (Å²) in [4.78, 5) is 23.2. The van der Waals surface area contributed by atoms with Crippen molar-refractivity contribution in [1.82, 2.24) is 0 Å². The second-order valence-electron chi connectivity index (χ2n) is 10.5. The van der Waals surface area contributed by atoms with Crippen molar-refractivity contribution in [1.29, 1.82) is 0 Å². The molecule has 0 aromatic carbocycles. The van der Waals surface area contributed by atoms with Gasteiger partial charge < -0.3 is 10.2 Å². The van der Waals surface area contributed by atoms with Gasteiger partial charge in [0.2, 0.25) is 0 Å². The molecule has 0 amide bonds. The summed E-state index contributed by atoms with van der Waals surface area (Å²) in [6.07, 6.45) is 42.4. The van der Waals surface area contributed by atoms with Crippen molar-refractivity contribution in [2.75, 3.05) is 0 Å². The Labute approximate surface area is 245 Å². The van der Waals surface area contributed by atoms with E-state index in [4.69, 9.17) is 5.11 Å². The van der Waals surface area contributed by atoms with E-state index in [-0.39, 0.29) is 18.3 Å². The fraction of sp³-hybridized carbons (Fsp3) is 0.611. The van der Waals surface area contributed by atoms with Gasteiger partial charge in [0.1, 0.15) is 0 Å². The summed E-state index contributed by atoms with van der Waals surface area (Å²) in [6, 6.07) is 0. The zero-order chi connectivity index (χ0) is 29.5. The maximum Gasteiger partial charge on any atom is 0.306 e. The Morgan fingerprint density at radius 1 is 0.525 bits per heavy atom. The monoisotopic (exact) mass is 554 g/mol. The van der Waals surface area contributed by atoms with Gasteiger partial charge in [-0.2, -0.15) is 0 Å². The molecule has 0 aliphatic carbocycles. The van der Waals surface area contributed by atoms with E-state index in [1.807, 2.05) is 0 Å². The highest BCUT2D eigenvalue weighted by Crippen LogP contribution is 2.29. The zero-order valence-electron chi connectivity index (χ0n) is 25.5. The molecule has 0 rings (SSSR count). The molecule has 2 N–H and O–H groups in total. The molecule has 0 fully saturated rings. The van der Waals surface area contributed by atoms with Gasteiger partial charge in [0.15, 0.2) is 0 Å². The number of rotatable bonds is 27. The fourth-order valence-electron chi connectivity index (χ4n) is 4.75. The van der Waals surface area contributed by atoms with Crippen molar-refractivity contribution in [3.63, 3.8) is 0 Å². The van der Waals surface area contributed by atoms with Crippen molar-refractivity contribution < 1.29 is 19.8 Å². The van der Waals surface area contributed by atoms with Crippen LogP contribution in [0.3, 0.4) is 0 Å². The van der Waals surface area contributed by atoms with Gasteiger partial charge in [0.05, 0.1) is 5.92 Å². The van der Waals surface area contributed by atoms with Crippen LogP contribution in [0.2, 0.25) is 0 Å². The van der Waals surface area contributed by atoms with Crippen molar-refractivity contribution in [2.45, 2.75) is 129 Å². The zero-order valence-corrected chi connectivity index (χ0v) is 25.5. The van der Waals surface area contributed by atoms with Gasteiger partial charge in [0.25, 0.3) is 0 Å². The molecule has 0 aromatic heterocycles. The van der Waals surface area contributed by atoms with Crippen LogP contribution < -0.4 is 0 Å². The first-order chi connectivity index (χ1) is 19.5. The fourth-order valence-corrected chi connectivity index (χ4v) is 4.75. The molecular formula is C36H58O4. The summed E-state index contributed by atoms with van der Waals surface area (Å²) >= 11 is 0. The number of unbranched alkanes of at least 4 members (excludes halogenated alkanes) is 5. The van der Waals surface area contributed by atoms with E-state index in [0.717, 1.165) is 89.9 Å². The Morgan fingerprint density at radius 3 is 1.48 bits per heavy atom. The number of allylic oxidation sites excluding steroid dienone is 12. The molecule has 0 saturated carbocycles. The second-order valence-corrected chi connectivity index (χ2v) is 10.5. The lowest BCUT2D eigenvalue weighted by molar-refractivity contribution is -0.144. The van der Waals surface area contributed by atoms with Crippen LogP contribution in [0.4, 0.5) is 0 Å². The normalized spacial score (nSPS) is 14.2. The lowest BCUT2D eigenvalue weighted by Crippen LogP contribution is -2.24. The molecule has 0 spiro atoms. The number of hydrogen-bond acceptors (Lipinski definition) is 2. The predicted molar refractivity (Wildman–Crippen MR) is 172 cm³/mol. The molecule has 2 unspecified atom stereocenters. The Bertz CT molecular complexity index is 785. The molecule has 226 valence electrons.